The molecule has 33 heavy (non-hydrogen) atoms. The lowest BCUT2D eigenvalue weighted by Crippen LogP contribution is -2.42. The molecule has 5 heterocycles. The van der Waals surface area contributed by atoms with Crippen LogP contribution in [0.1, 0.15) is 30.3 Å². The van der Waals surface area contributed by atoms with Gasteiger partial charge in [-0.2, -0.15) is 0 Å². The predicted octanol–water partition coefficient (Wildman–Crippen LogP) is 0.886. The third-order valence-corrected chi connectivity index (χ3v) is 6.45. The van der Waals surface area contributed by atoms with Gasteiger partial charge in [-0.1, -0.05) is 0 Å². The molecule has 0 aliphatic carbocycles. The summed E-state index contributed by atoms with van der Waals surface area (Å²) in [6.07, 6.45) is 2.09. The first kappa shape index (κ1) is 20.6. The van der Waals surface area contributed by atoms with Crippen LogP contribution in [0.4, 0.5) is 0 Å². The Bertz CT molecular complexity index is 1200. The van der Waals surface area contributed by atoms with Gasteiger partial charge in [0, 0.05) is 36.7 Å². The maximum atomic E-state index is 13.3. The molecule has 174 valence electrons. The van der Waals surface area contributed by atoms with Crippen molar-refractivity contribution in [2.45, 2.75) is 31.5 Å². The monoisotopic (exact) mass is 454 g/mol. The van der Waals surface area contributed by atoms with E-state index in [2.05, 4.69) is 25.4 Å². The van der Waals surface area contributed by atoms with Crippen LogP contribution in [0.15, 0.2) is 23.0 Å². The predicted molar refractivity (Wildman–Crippen MR) is 117 cm³/mol. The van der Waals surface area contributed by atoms with Gasteiger partial charge in [0.1, 0.15) is 19.3 Å². The van der Waals surface area contributed by atoms with Gasteiger partial charge in [0.2, 0.25) is 0 Å². The quantitative estimate of drug-likeness (QED) is 0.600. The second-order valence-corrected chi connectivity index (χ2v) is 8.54. The molecule has 0 bridgehead atoms. The molecule has 2 atom stereocenters. The van der Waals surface area contributed by atoms with Crippen LogP contribution in [0.2, 0.25) is 0 Å². The molecule has 0 unspecified atom stereocenters. The number of nitrogens with one attached hydrogen (secondary N) is 1. The van der Waals surface area contributed by atoms with Crippen LogP contribution in [0.3, 0.4) is 0 Å². The molecular formula is C22H26N6O5. The number of aromatic nitrogens is 5. The van der Waals surface area contributed by atoms with Crippen molar-refractivity contribution in [3.8, 4) is 11.5 Å². The maximum absolute atomic E-state index is 13.3. The Morgan fingerprint density at radius 3 is 2.67 bits per heavy atom. The number of tetrazole rings is 1. The zero-order chi connectivity index (χ0) is 22.2. The fraction of sp³-hybridized carbons (Fsp3) is 0.545. The second-order valence-electron chi connectivity index (χ2n) is 8.54. The molecule has 1 N–H and O–H groups in total. The Balaban J connectivity index is 1.44. The number of nitrogens with zero attached hydrogens (tertiary/aromatic N) is 5. The van der Waals surface area contributed by atoms with Crippen LogP contribution in [0, 0.1) is 0 Å². The summed E-state index contributed by atoms with van der Waals surface area (Å²) in [5, 5.41) is 13.4. The van der Waals surface area contributed by atoms with Gasteiger partial charge < -0.3 is 23.9 Å². The van der Waals surface area contributed by atoms with Crippen molar-refractivity contribution < 1.29 is 18.9 Å². The number of H-pyrrole nitrogens is 1. The van der Waals surface area contributed by atoms with Crippen molar-refractivity contribution in [1.82, 2.24) is 30.1 Å². The average molecular weight is 454 g/mol. The van der Waals surface area contributed by atoms with Crippen molar-refractivity contribution in [3.05, 3.63) is 39.9 Å². The number of ether oxygens (including phenoxy) is 4. The minimum absolute atomic E-state index is 0.0798. The first-order chi connectivity index (χ1) is 16.3. The number of rotatable bonds is 5. The lowest BCUT2D eigenvalue weighted by molar-refractivity contribution is 0.0205. The minimum Gasteiger partial charge on any atom is -0.486 e. The zero-order valence-electron chi connectivity index (χ0n) is 18.2. The van der Waals surface area contributed by atoms with E-state index >= 15 is 0 Å². The molecule has 3 aliphatic rings. The molecule has 0 radical (unpaired) electrons. The molecule has 1 aromatic carbocycles. The molecule has 0 spiro atoms. The fourth-order valence-electron chi connectivity index (χ4n) is 4.82. The van der Waals surface area contributed by atoms with E-state index in [4.69, 9.17) is 18.9 Å². The van der Waals surface area contributed by atoms with E-state index in [1.165, 1.54) is 0 Å². The number of pyridine rings is 1. The number of fused-ring (bicyclic) bond motifs is 2. The van der Waals surface area contributed by atoms with Gasteiger partial charge in [-0.3, -0.25) is 9.69 Å². The first-order valence-corrected chi connectivity index (χ1v) is 11.4. The van der Waals surface area contributed by atoms with Crippen LogP contribution in [-0.2, 0) is 16.0 Å². The van der Waals surface area contributed by atoms with Crippen LogP contribution < -0.4 is 15.0 Å². The molecule has 2 fully saturated rings. The van der Waals surface area contributed by atoms with E-state index < -0.39 is 6.04 Å². The van der Waals surface area contributed by atoms with Crippen LogP contribution in [0.25, 0.3) is 10.9 Å². The normalized spacial score (nSPS) is 22.0. The van der Waals surface area contributed by atoms with Gasteiger partial charge in [-0.25, -0.2) is 4.68 Å². The highest BCUT2D eigenvalue weighted by Gasteiger charge is 2.32. The third kappa shape index (κ3) is 3.96. The Morgan fingerprint density at radius 2 is 1.88 bits per heavy atom. The summed E-state index contributed by atoms with van der Waals surface area (Å²) in [5.74, 6) is 1.95. The summed E-state index contributed by atoms with van der Waals surface area (Å²) in [7, 11) is 0. The number of benzene rings is 1. The van der Waals surface area contributed by atoms with Gasteiger partial charge in [-0.15, -0.1) is 5.10 Å². The van der Waals surface area contributed by atoms with Crippen LogP contribution >= 0.6 is 0 Å². The van der Waals surface area contributed by atoms with Crippen molar-refractivity contribution in [3.63, 3.8) is 0 Å². The Morgan fingerprint density at radius 1 is 1.06 bits per heavy atom. The molecule has 2 saturated heterocycles. The second kappa shape index (κ2) is 8.73. The zero-order valence-corrected chi connectivity index (χ0v) is 18.2. The van der Waals surface area contributed by atoms with Gasteiger partial charge >= 0.3 is 0 Å². The van der Waals surface area contributed by atoms with E-state index in [9.17, 15) is 4.79 Å². The SMILES string of the molecule is O=c1[nH]c2cc3c(cc2cc1[C@H](c1nnnn1C[C@@H]1CCCO1)N1CCOCC1)OCCO3. The Labute approximate surface area is 189 Å². The summed E-state index contributed by atoms with van der Waals surface area (Å²) in [4.78, 5) is 18.6. The highest BCUT2D eigenvalue weighted by atomic mass is 16.6. The largest absolute Gasteiger partial charge is 0.486 e. The molecule has 2 aromatic heterocycles. The van der Waals surface area contributed by atoms with E-state index in [0.29, 0.717) is 74.5 Å². The van der Waals surface area contributed by atoms with Crippen molar-refractivity contribution in [2.75, 3.05) is 46.1 Å². The molecule has 3 aliphatic heterocycles. The van der Waals surface area contributed by atoms with Gasteiger partial charge in [0.25, 0.3) is 5.56 Å². The molecular weight excluding hydrogens is 428 g/mol. The summed E-state index contributed by atoms with van der Waals surface area (Å²) in [6, 6.07) is 5.24. The van der Waals surface area contributed by atoms with E-state index in [1.807, 2.05) is 18.2 Å². The molecule has 0 amide bonds. The molecule has 6 rings (SSSR count). The first-order valence-electron chi connectivity index (χ1n) is 11.4. The fourth-order valence-corrected chi connectivity index (χ4v) is 4.82. The number of hydrogen-bond acceptors (Lipinski definition) is 9. The summed E-state index contributed by atoms with van der Waals surface area (Å²) >= 11 is 0. The van der Waals surface area contributed by atoms with Crippen molar-refractivity contribution >= 4 is 10.9 Å². The number of morpholine rings is 1. The highest BCUT2D eigenvalue weighted by Crippen LogP contribution is 2.35. The van der Waals surface area contributed by atoms with E-state index in [0.717, 1.165) is 24.8 Å². The lowest BCUT2D eigenvalue weighted by Gasteiger charge is -2.33. The minimum atomic E-state index is -0.411. The van der Waals surface area contributed by atoms with Gasteiger partial charge in [-0.05, 0) is 35.4 Å². The summed E-state index contributed by atoms with van der Waals surface area (Å²) in [5.41, 5.74) is 1.11. The number of hydrogen-bond donors (Lipinski definition) is 1. The standard InChI is InChI=1S/C22H26N6O5/c29-22-16(10-14-11-18-19(12-17(14)23-22)33-9-8-32-18)20(27-3-6-30-7-4-27)21-24-25-26-28(21)13-15-2-1-5-31-15/h10-12,15,20H,1-9,13H2,(H,23,29)/t15-,20+/m0/s1. The van der Waals surface area contributed by atoms with Gasteiger partial charge in [0.05, 0.1) is 31.4 Å². The van der Waals surface area contributed by atoms with Crippen molar-refractivity contribution in [2.24, 2.45) is 0 Å². The smallest absolute Gasteiger partial charge is 0.253 e. The molecule has 11 nitrogen and oxygen atoms in total. The van der Waals surface area contributed by atoms with Crippen molar-refractivity contribution in [1.29, 1.82) is 0 Å². The maximum Gasteiger partial charge on any atom is 0.253 e. The Hall–Kier alpha value is -3.02. The van der Waals surface area contributed by atoms with E-state index in [1.54, 1.807) is 4.68 Å². The average Bonchev–Trinajstić information content (AvgIpc) is 3.52. The van der Waals surface area contributed by atoms with Gasteiger partial charge in [0.15, 0.2) is 17.3 Å². The Kier molecular flexibility index (Phi) is 5.44. The number of aromatic amines is 1. The van der Waals surface area contributed by atoms with Crippen LogP contribution in [-0.4, -0.2) is 82.3 Å². The molecule has 0 saturated carbocycles. The summed E-state index contributed by atoms with van der Waals surface area (Å²) in [6.45, 7) is 4.85. The summed E-state index contributed by atoms with van der Waals surface area (Å²) < 4.78 is 24.6. The van der Waals surface area contributed by atoms with E-state index in [-0.39, 0.29) is 11.7 Å². The lowest BCUT2D eigenvalue weighted by atomic mass is 10.0. The highest BCUT2D eigenvalue weighted by molar-refractivity contribution is 5.83. The molecule has 3 aromatic rings. The topological polar surface area (TPSA) is 117 Å². The molecule has 11 heteroatoms. The third-order valence-electron chi connectivity index (χ3n) is 6.45. The van der Waals surface area contributed by atoms with Crippen LogP contribution in [0.5, 0.6) is 11.5 Å².